The molecule has 1 atom stereocenters. The van der Waals surface area contributed by atoms with E-state index in [9.17, 15) is 24.5 Å². The van der Waals surface area contributed by atoms with E-state index >= 15 is 0 Å². The van der Waals surface area contributed by atoms with Gasteiger partial charge in [-0.15, -0.1) is 0 Å². The molecule has 0 saturated carbocycles. The maximum atomic E-state index is 12.8. The van der Waals surface area contributed by atoms with Crippen molar-refractivity contribution in [1.82, 2.24) is 4.90 Å². The number of non-ortho nitro benzene ring substituents is 1. The number of nitrogens with zero attached hydrogens (tertiary/aromatic N) is 2. The second-order valence-electron chi connectivity index (χ2n) is 7.23. The van der Waals surface area contributed by atoms with Crippen molar-refractivity contribution in [3.8, 4) is 11.5 Å². The second-order valence-corrected chi connectivity index (χ2v) is 9.38. The van der Waals surface area contributed by atoms with E-state index in [4.69, 9.17) is 14.2 Å². The van der Waals surface area contributed by atoms with Crippen molar-refractivity contribution in [3.63, 3.8) is 0 Å². The summed E-state index contributed by atoms with van der Waals surface area (Å²) in [5.74, 6) is -0.355. The van der Waals surface area contributed by atoms with Gasteiger partial charge in [-0.05, 0) is 89.7 Å². The van der Waals surface area contributed by atoms with Crippen LogP contribution < -0.4 is 9.47 Å². The van der Waals surface area contributed by atoms with Gasteiger partial charge in [-0.3, -0.25) is 24.6 Å². The first-order valence-electron chi connectivity index (χ1n) is 10.3. The number of hydrogen-bond donors (Lipinski definition) is 0. The van der Waals surface area contributed by atoms with Gasteiger partial charge in [0, 0.05) is 12.1 Å². The van der Waals surface area contributed by atoms with E-state index in [1.807, 2.05) is 0 Å². The van der Waals surface area contributed by atoms with E-state index in [1.54, 1.807) is 37.3 Å². The Labute approximate surface area is 218 Å². The van der Waals surface area contributed by atoms with Crippen LogP contribution in [-0.2, 0) is 20.9 Å². The van der Waals surface area contributed by atoms with Gasteiger partial charge >= 0.3 is 5.97 Å². The van der Waals surface area contributed by atoms with Crippen LogP contribution in [0.4, 0.5) is 10.5 Å². The number of nitro groups is 1. The SMILES string of the molecule is CCOC(=O)[C@@H](C)N1C(=O)S/C(=C/c2cc(I)c(OCc3ccc([N+](=O)[O-])cc3)c(OC)c2)C1=O. The van der Waals surface area contributed by atoms with Crippen LogP contribution in [-0.4, -0.2) is 46.7 Å². The maximum absolute atomic E-state index is 12.8. The van der Waals surface area contributed by atoms with Crippen molar-refractivity contribution in [3.05, 3.63) is 66.1 Å². The van der Waals surface area contributed by atoms with E-state index in [0.29, 0.717) is 20.6 Å². The maximum Gasteiger partial charge on any atom is 0.329 e. The van der Waals surface area contributed by atoms with Crippen LogP contribution in [0, 0.1) is 13.7 Å². The van der Waals surface area contributed by atoms with E-state index < -0.39 is 28.1 Å². The molecule has 10 nitrogen and oxygen atoms in total. The van der Waals surface area contributed by atoms with Crippen LogP contribution >= 0.6 is 34.4 Å². The first kappa shape index (κ1) is 26.5. The Kier molecular flexibility index (Phi) is 8.72. The fourth-order valence-corrected chi connectivity index (χ4v) is 4.86. The van der Waals surface area contributed by atoms with Crippen molar-refractivity contribution in [1.29, 1.82) is 0 Å². The minimum atomic E-state index is -1.03. The highest BCUT2D eigenvalue weighted by Gasteiger charge is 2.41. The van der Waals surface area contributed by atoms with Gasteiger partial charge < -0.3 is 14.2 Å². The lowest BCUT2D eigenvalue weighted by molar-refractivity contribution is -0.384. The number of benzene rings is 2. The van der Waals surface area contributed by atoms with Crippen LogP contribution in [0.5, 0.6) is 11.5 Å². The third-order valence-corrected chi connectivity index (χ3v) is 6.60. The molecule has 0 bridgehead atoms. The number of thioether (sulfide) groups is 1. The molecule has 1 heterocycles. The molecule has 0 spiro atoms. The number of carbonyl (C=O) groups is 3. The molecule has 0 radical (unpaired) electrons. The summed E-state index contributed by atoms with van der Waals surface area (Å²) in [4.78, 5) is 48.6. The molecule has 0 aromatic heterocycles. The predicted octanol–water partition coefficient (Wildman–Crippen LogP) is 4.77. The summed E-state index contributed by atoms with van der Waals surface area (Å²) in [5.41, 5.74) is 1.33. The molecular weight excluding hydrogens is 591 g/mol. The molecule has 1 aliphatic heterocycles. The van der Waals surface area contributed by atoms with Gasteiger partial charge in [0.05, 0.1) is 27.1 Å². The molecule has 1 saturated heterocycles. The van der Waals surface area contributed by atoms with Crippen molar-refractivity contribution in [2.75, 3.05) is 13.7 Å². The first-order chi connectivity index (χ1) is 16.7. The van der Waals surface area contributed by atoms with Gasteiger partial charge in [0.15, 0.2) is 11.5 Å². The average molecular weight is 612 g/mol. The molecule has 184 valence electrons. The van der Waals surface area contributed by atoms with Crippen molar-refractivity contribution in [2.45, 2.75) is 26.5 Å². The number of imide groups is 1. The minimum absolute atomic E-state index is 0.00803. The zero-order valence-corrected chi connectivity index (χ0v) is 22.0. The largest absolute Gasteiger partial charge is 0.493 e. The summed E-state index contributed by atoms with van der Waals surface area (Å²) in [6, 6.07) is 8.42. The Bertz CT molecular complexity index is 1200. The summed E-state index contributed by atoms with van der Waals surface area (Å²) >= 11 is 2.81. The number of esters is 1. The fourth-order valence-electron chi connectivity index (χ4n) is 3.17. The number of halogens is 1. The lowest BCUT2D eigenvalue weighted by atomic mass is 10.1. The number of methoxy groups -OCH3 is 1. The van der Waals surface area contributed by atoms with E-state index in [2.05, 4.69) is 22.6 Å². The van der Waals surface area contributed by atoms with E-state index in [1.165, 1.54) is 26.2 Å². The van der Waals surface area contributed by atoms with Crippen LogP contribution in [0.3, 0.4) is 0 Å². The number of carbonyl (C=O) groups excluding carboxylic acids is 3. The highest BCUT2D eigenvalue weighted by atomic mass is 127. The van der Waals surface area contributed by atoms with Gasteiger partial charge in [-0.2, -0.15) is 0 Å². The van der Waals surface area contributed by atoms with Gasteiger partial charge in [0.2, 0.25) is 0 Å². The average Bonchev–Trinajstić information content (AvgIpc) is 3.10. The summed E-state index contributed by atoms with van der Waals surface area (Å²) in [6.07, 6.45) is 1.55. The number of hydrogen-bond acceptors (Lipinski definition) is 9. The van der Waals surface area contributed by atoms with Gasteiger partial charge in [0.25, 0.3) is 16.8 Å². The summed E-state index contributed by atoms with van der Waals surface area (Å²) < 4.78 is 17.0. The molecule has 35 heavy (non-hydrogen) atoms. The van der Waals surface area contributed by atoms with Gasteiger partial charge in [0.1, 0.15) is 12.6 Å². The van der Waals surface area contributed by atoms with Crippen LogP contribution in [0.25, 0.3) is 6.08 Å². The van der Waals surface area contributed by atoms with Crippen LogP contribution in [0.2, 0.25) is 0 Å². The summed E-state index contributed by atoms with van der Waals surface area (Å²) in [6.45, 7) is 3.40. The number of nitro benzene ring substituents is 1. The molecular formula is C23H21IN2O8S. The molecule has 0 unspecified atom stereocenters. The molecule has 3 rings (SSSR count). The predicted molar refractivity (Wildman–Crippen MR) is 137 cm³/mol. The standard InChI is InChI=1S/C23H21IN2O8S/c1-4-33-22(28)13(2)25-21(27)19(35-23(25)29)11-15-9-17(24)20(18(10-15)32-3)34-12-14-5-7-16(8-6-14)26(30)31/h5-11,13H,4,12H2,1-3H3/b19-11+/t13-/m1/s1. The monoisotopic (exact) mass is 612 g/mol. The lowest BCUT2D eigenvalue weighted by Crippen LogP contribution is -2.42. The second kappa shape index (κ2) is 11.5. The van der Waals surface area contributed by atoms with Crippen LogP contribution in [0.15, 0.2) is 41.3 Å². The topological polar surface area (TPSA) is 125 Å². The smallest absolute Gasteiger partial charge is 0.329 e. The normalized spacial score (nSPS) is 15.3. The molecule has 2 aromatic carbocycles. The molecule has 2 aromatic rings. The highest BCUT2D eigenvalue weighted by molar-refractivity contribution is 14.1. The molecule has 12 heteroatoms. The molecule has 1 fully saturated rings. The van der Waals surface area contributed by atoms with Crippen molar-refractivity contribution in [2.24, 2.45) is 0 Å². The zero-order chi connectivity index (χ0) is 25.7. The third-order valence-electron chi connectivity index (χ3n) is 4.92. The number of amides is 2. The Morgan fingerprint density at radius 1 is 1.26 bits per heavy atom. The Morgan fingerprint density at radius 2 is 1.94 bits per heavy atom. The molecule has 0 aliphatic carbocycles. The quantitative estimate of drug-likeness (QED) is 0.129. The summed E-state index contributed by atoms with van der Waals surface area (Å²) in [7, 11) is 1.48. The number of rotatable bonds is 9. The van der Waals surface area contributed by atoms with Gasteiger partial charge in [-0.25, -0.2) is 4.79 Å². The third kappa shape index (κ3) is 6.11. The highest BCUT2D eigenvalue weighted by Crippen LogP contribution is 2.38. The fraction of sp³-hybridized carbons (Fsp3) is 0.261. The van der Waals surface area contributed by atoms with Gasteiger partial charge in [-0.1, -0.05) is 0 Å². The lowest BCUT2D eigenvalue weighted by Gasteiger charge is -2.19. The van der Waals surface area contributed by atoms with Crippen molar-refractivity contribution >= 4 is 63.2 Å². The summed E-state index contributed by atoms with van der Waals surface area (Å²) in [5, 5.41) is 10.3. The minimum Gasteiger partial charge on any atom is -0.493 e. The van der Waals surface area contributed by atoms with Crippen LogP contribution in [0.1, 0.15) is 25.0 Å². The number of ether oxygens (including phenoxy) is 3. The Morgan fingerprint density at radius 3 is 2.54 bits per heavy atom. The molecule has 2 amide bonds. The van der Waals surface area contributed by atoms with E-state index in [0.717, 1.165) is 22.2 Å². The zero-order valence-electron chi connectivity index (χ0n) is 19.0. The molecule has 0 N–H and O–H groups in total. The van der Waals surface area contributed by atoms with Crippen molar-refractivity contribution < 1.29 is 33.5 Å². The molecule has 1 aliphatic rings. The Balaban J connectivity index is 1.79. The first-order valence-corrected chi connectivity index (χ1v) is 12.2. The van der Waals surface area contributed by atoms with E-state index in [-0.39, 0.29) is 23.8 Å². The Hall–Kier alpha value is -3.13.